The average molecular weight is 550 g/mol. The van der Waals surface area contributed by atoms with E-state index in [1.807, 2.05) is 18.2 Å². The molecule has 2 aromatic carbocycles. The fourth-order valence-corrected chi connectivity index (χ4v) is 5.70. The number of methoxy groups -OCH3 is 1. The largest absolute Gasteiger partial charge is 0.497 e. The molecule has 1 aliphatic rings. The molecule has 0 spiro atoms. The number of ether oxygens (including phenoxy) is 1. The van der Waals surface area contributed by atoms with Crippen molar-refractivity contribution in [1.29, 1.82) is 0 Å². The first kappa shape index (κ1) is 28.8. The minimum absolute atomic E-state index is 0.0771. The van der Waals surface area contributed by atoms with Gasteiger partial charge in [0.2, 0.25) is 21.8 Å². The zero-order valence-corrected chi connectivity index (χ0v) is 23.2. The fraction of sp³-hybridized carbons (Fsp3) is 0.481. The van der Waals surface area contributed by atoms with E-state index in [1.165, 1.54) is 9.21 Å². The Morgan fingerprint density at radius 2 is 1.76 bits per heavy atom. The number of hydrogen-bond acceptors (Lipinski definition) is 5. The molecule has 0 heterocycles. The minimum atomic E-state index is -3.57. The second-order valence-corrected chi connectivity index (χ2v) is 11.7. The molecule has 0 unspecified atom stereocenters. The van der Waals surface area contributed by atoms with Gasteiger partial charge in [0.25, 0.3) is 0 Å². The number of benzene rings is 2. The number of sulfonamides is 1. The minimum Gasteiger partial charge on any atom is -0.497 e. The Balaban J connectivity index is 1.72. The summed E-state index contributed by atoms with van der Waals surface area (Å²) < 4.78 is 31.4. The number of amides is 2. The predicted octanol–water partition coefficient (Wildman–Crippen LogP) is 4.37. The van der Waals surface area contributed by atoms with Crippen LogP contribution in [0.4, 0.5) is 5.69 Å². The number of rotatable bonds is 12. The maximum atomic E-state index is 13.4. The second-order valence-electron chi connectivity index (χ2n) is 9.42. The van der Waals surface area contributed by atoms with Crippen LogP contribution >= 0.6 is 11.6 Å². The molecule has 1 atom stereocenters. The summed E-state index contributed by atoms with van der Waals surface area (Å²) in [6.07, 6.45) is 5.58. The highest BCUT2D eigenvalue weighted by molar-refractivity contribution is 7.92. The first-order chi connectivity index (χ1) is 17.6. The lowest BCUT2D eigenvalue weighted by molar-refractivity contribution is -0.140. The van der Waals surface area contributed by atoms with E-state index in [0.29, 0.717) is 16.5 Å². The van der Waals surface area contributed by atoms with Crippen LogP contribution in [0.1, 0.15) is 51.0 Å². The van der Waals surface area contributed by atoms with Crippen LogP contribution in [0.25, 0.3) is 0 Å². The van der Waals surface area contributed by atoms with Crippen LogP contribution in [0.15, 0.2) is 48.5 Å². The molecule has 1 saturated carbocycles. The number of nitrogens with zero attached hydrogens (tertiary/aromatic N) is 2. The molecule has 3 rings (SSSR count). The first-order valence-electron chi connectivity index (χ1n) is 12.5. The summed E-state index contributed by atoms with van der Waals surface area (Å²) in [5.41, 5.74) is 1.24. The highest BCUT2D eigenvalue weighted by Crippen LogP contribution is 2.24. The molecule has 1 N–H and O–H groups in total. The third-order valence-corrected chi connectivity index (χ3v) is 8.24. The molecule has 0 bridgehead atoms. The van der Waals surface area contributed by atoms with Gasteiger partial charge >= 0.3 is 0 Å². The Morgan fingerprint density at radius 1 is 1.11 bits per heavy atom. The van der Waals surface area contributed by atoms with E-state index < -0.39 is 16.1 Å². The molecule has 8 nitrogen and oxygen atoms in total. The molecule has 202 valence electrons. The zero-order chi connectivity index (χ0) is 27.0. The summed E-state index contributed by atoms with van der Waals surface area (Å²) >= 11 is 6.36. The van der Waals surface area contributed by atoms with Crippen molar-refractivity contribution in [2.45, 2.75) is 64.1 Å². The van der Waals surface area contributed by atoms with E-state index in [1.54, 1.807) is 44.4 Å². The van der Waals surface area contributed by atoms with Gasteiger partial charge in [-0.3, -0.25) is 13.9 Å². The topological polar surface area (TPSA) is 96.0 Å². The Labute approximate surface area is 225 Å². The lowest BCUT2D eigenvalue weighted by Crippen LogP contribution is -2.49. The van der Waals surface area contributed by atoms with Gasteiger partial charge in [-0.1, -0.05) is 42.6 Å². The highest BCUT2D eigenvalue weighted by atomic mass is 35.5. The van der Waals surface area contributed by atoms with E-state index in [2.05, 4.69) is 5.32 Å². The van der Waals surface area contributed by atoms with Gasteiger partial charge < -0.3 is 15.0 Å². The molecule has 1 fully saturated rings. The third-order valence-electron chi connectivity index (χ3n) is 6.68. The van der Waals surface area contributed by atoms with Gasteiger partial charge in [-0.05, 0) is 62.1 Å². The van der Waals surface area contributed by atoms with Gasteiger partial charge in [-0.25, -0.2) is 8.42 Å². The van der Waals surface area contributed by atoms with Gasteiger partial charge in [0.15, 0.2) is 0 Å². The fourth-order valence-electron chi connectivity index (χ4n) is 4.54. The Kier molecular flexibility index (Phi) is 10.2. The molecule has 0 radical (unpaired) electrons. The summed E-state index contributed by atoms with van der Waals surface area (Å²) in [6, 6.07) is 13.4. The van der Waals surface area contributed by atoms with Crippen LogP contribution in [0.5, 0.6) is 5.75 Å². The smallest absolute Gasteiger partial charge is 0.242 e. The van der Waals surface area contributed by atoms with Gasteiger partial charge in [-0.2, -0.15) is 0 Å². The quantitative estimate of drug-likeness (QED) is 0.424. The van der Waals surface area contributed by atoms with E-state index in [-0.39, 0.29) is 43.8 Å². The number of halogens is 1. The van der Waals surface area contributed by atoms with Gasteiger partial charge in [0.1, 0.15) is 11.8 Å². The van der Waals surface area contributed by atoms with Gasteiger partial charge in [0, 0.05) is 30.6 Å². The van der Waals surface area contributed by atoms with Crippen molar-refractivity contribution in [3.8, 4) is 5.75 Å². The predicted molar refractivity (Wildman–Crippen MR) is 146 cm³/mol. The number of hydrogen-bond donors (Lipinski definition) is 1. The maximum Gasteiger partial charge on any atom is 0.242 e. The van der Waals surface area contributed by atoms with Crippen LogP contribution in [-0.2, 0) is 26.2 Å². The van der Waals surface area contributed by atoms with E-state index in [0.717, 1.165) is 37.5 Å². The summed E-state index contributed by atoms with van der Waals surface area (Å²) in [7, 11) is -2.03. The first-order valence-corrected chi connectivity index (χ1v) is 14.8. The molecule has 1 aliphatic carbocycles. The molecule has 37 heavy (non-hydrogen) atoms. The Morgan fingerprint density at radius 3 is 2.35 bits per heavy atom. The van der Waals surface area contributed by atoms with Crippen molar-refractivity contribution in [1.82, 2.24) is 10.2 Å². The normalized spacial score (nSPS) is 14.7. The summed E-state index contributed by atoms with van der Waals surface area (Å²) in [4.78, 5) is 28.0. The van der Waals surface area contributed by atoms with Crippen molar-refractivity contribution in [3.05, 3.63) is 59.1 Å². The SMILES string of the molecule is COc1ccc(N(CCCC(=O)N(Cc2ccccc2Cl)[C@@H](C)C(=O)NC2CCCC2)S(C)(=O)=O)cc1. The van der Waals surface area contributed by atoms with Crippen LogP contribution in [-0.4, -0.2) is 57.1 Å². The lowest BCUT2D eigenvalue weighted by atomic mass is 10.1. The molecule has 0 aromatic heterocycles. The molecule has 2 aromatic rings. The standard InChI is InChI=1S/C27H36ClN3O5S/c1-20(27(33)29-22-10-5-6-11-22)30(19-21-9-4-7-12-25(21)28)26(32)13-8-18-31(37(3,34)35)23-14-16-24(36-2)17-15-23/h4,7,9,12,14-17,20,22H,5-6,8,10-11,13,18-19H2,1-3H3,(H,29,33)/t20-/m0/s1. The molecule has 10 heteroatoms. The molecular formula is C27H36ClN3O5S. The Hall–Kier alpha value is -2.78. The van der Waals surface area contributed by atoms with Crippen molar-refractivity contribution in [2.75, 3.05) is 24.2 Å². The van der Waals surface area contributed by atoms with Crippen LogP contribution < -0.4 is 14.4 Å². The third kappa shape index (κ3) is 8.10. The lowest BCUT2D eigenvalue weighted by Gasteiger charge is -2.30. The zero-order valence-electron chi connectivity index (χ0n) is 21.7. The highest BCUT2D eigenvalue weighted by Gasteiger charge is 2.29. The average Bonchev–Trinajstić information content (AvgIpc) is 3.38. The maximum absolute atomic E-state index is 13.4. The number of carbonyl (C=O) groups excluding carboxylic acids is 2. The van der Waals surface area contributed by atoms with E-state index in [9.17, 15) is 18.0 Å². The van der Waals surface area contributed by atoms with Crippen LogP contribution in [0, 0.1) is 0 Å². The summed E-state index contributed by atoms with van der Waals surface area (Å²) in [5.74, 6) is 0.188. The second kappa shape index (κ2) is 13.1. The van der Waals surface area contributed by atoms with Gasteiger partial charge in [0.05, 0.1) is 19.1 Å². The summed E-state index contributed by atoms with van der Waals surface area (Å²) in [6.45, 7) is 2.03. The van der Waals surface area contributed by atoms with Crippen molar-refractivity contribution in [3.63, 3.8) is 0 Å². The van der Waals surface area contributed by atoms with Crippen LogP contribution in [0.2, 0.25) is 5.02 Å². The molecular weight excluding hydrogens is 514 g/mol. The van der Waals surface area contributed by atoms with Gasteiger partial charge in [-0.15, -0.1) is 0 Å². The van der Waals surface area contributed by atoms with Crippen molar-refractivity contribution in [2.24, 2.45) is 0 Å². The van der Waals surface area contributed by atoms with Crippen molar-refractivity contribution >= 4 is 39.1 Å². The van der Waals surface area contributed by atoms with E-state index >= 15 is 0 Å². The van der Waals surface area contributed by atoms with E-state index in [4.69, 9.17) is 16.3 Å². The number of nitrogens with one attached hydrogen (secondary N) is 1. The molecule has 0 saturated heterocycles. The molecule has 0 aliphatic heterocycles. The number of anilines is 1. The number of carbonyl (C=O) groups is 2. The monoisotopic (exact) mass is 549 g/mol. The molecule has 2 amide bonds. The Bertz CT molecular complexity index is 1170. The van der Waals surface area contributed by atoms with Crippen molar-refractivity contribution < 1.29 is 22.7 Å². The van der Waals surface area contributed by atoms with Crippen LogP contribution in [0.3, 0.4) is 0 Å². The summed E-state index contributed by atoms with van der Waals surface area (Å²) in [5, 5.41) is 3.60.